The first kappa shape index (κ1) is 52.8. The van der Waals surface area contributed by atoms with Crippen LogP contribution in [0.5, 0.6) is 0 Å². The van der Waals surface area contributed by atoms with Gasteiger partial charge in [-0.05, 0) is 118 Å². The van der Waals surface area contributed by atoms with Gasteiger partial charge < -0.3 is 18.4 Å². The summed E-state index contributed by atoms with van der Waals surface area (Å²) in [6.45, 7) is 47.8. The molecule has 0 aliphatic carbocycles. The van der Waals surface area contributed by atoms with E-state index in [2.05, 4.69) is 145 Å². The van der Waals surface area contributed by atoms with Crippen molar-refractivity contribution in [2.24, 2.45) is 17.3 Å². The third-order valence-corrected chi connectivity index (χ3v) is 27.7. The number of aliphatic carboxylic acids is 1. The molecule has 0 spiro atoms. The zero-order valence-electron chi connectivity index (χ0n) is 40.0. The first-order valence-electron chi connectivity index (χ1n) is 21.0. The number of carbonyl (C=O) groups is 2. The van der Waals surface area contributed by atoms with Crippen LogP contribution in [0.4, 0.5) is 0 Å². The molecule has 56 heavy (non-hydrogen) atoms. The molecule has 0 amide bonds. The van der Waals surface area contributed by atoms with Crippen molar-refractivity contribution in [2.45, 2.75) is 216 Å². The number of thiazole rings is 1. The monoisotopic (exact) mass is 852 g/mol. The number of aromatic nitrogens is 1. The van der Waals surface area contributed by atoms with Gasteiger partial charge in [0.15, 0.2) is 25.0 Å². The van der Waals surface area contributed by atoms with Crippen molar-refractivity contribution in [2.75, 3.05) is 0 Å². The summed E-state index contributed by atoms with van der Waals surface area (Å²) < 4.78 is 20.9. The molecule has 1 aromatic rings. The van der Waals surface area contributed by atoms with Crippen LogP contribution in [-0.2, 0) is 22.9 Å². The van der Waals surface area contributed by atoms with E-state index < -0.39 is 48.4 Å². The minimum atomic E-state index is -2.38. The lowest BCUT2D eigenvalue weighted by molar-refractivity contribution is -0.146. The lowest BCUT2D eigenvalue weighted by Crippen LogP contribution is -2.54. The first-order chi connectivity index (χ1) is 25.0. The van der Waals surface area contributed by atoms with Gasteiger partial charge in [0.25, 0.3) is 0 Å². The maximum atomic E-state index is 14.7. The number of ketones is 1. The molecule has 1 heterocycles. The molecule has 324 valence electrons. The van der Waals surface area contributed by atoms with Gasteiger partial charge in [0.1, 0.15) is 5.78 Å². The van der Waals surface area contributed by atoms with Crippen molar-refractivity contribution in [1.29, 1.82) is 0 Å². The van der Waals surface area contributed by atoms with Crippen molar-refractivity contribution < 1.29 is 28.0 Å². The quantitative estimate of drug-likeness (QED) is 0.0972. The highest BCUT2D eigenvalue weighted by Crippen LogP contribution is 2.44. The Morgan fingerprint density at radius 3 is 1.75 bits per heavy atom. The molecule has 5 atom stereocenters. The Kier molecular flexibility index (Phi) is 18.8. The van der Waals surface area contributed by atoms with Gasteiger partial charge in [-0.1, -0.05) is 102 Å². The molecule has 0 aromatic carbocycles. The van der Waals surface area contributed by atoms with Crippen molar-refractivity contribution in [1.82, 2.24) is 4.98 Å². The number of hydrogen-bond acceptors (Lipinski definition) is 7. The van der Waals surface area contributed by atoms with Gasteiger partial charge in [-0.2, -0.15) is 0 Å². The van der Waals surface area contributed by atoms with E-state index >= 15 is 0 Å². The average Bonchev–Trinajstić information content (AvgIpc) is 3.42. The van der Waals surface area contributed by atoms with Gasteiger partial charge in [0.05, 0.1) is 35.4 Å². The number of rotatable bonds is 21. The molecule has 11 heteroatoms. The number of nitrogens with zero attached hydrogens (tertiary/aromatic N) is 1. The maximum Gasteiger partial charge on any atom is 0.305 e. The van der Waals surface area contributed by atoms with Crippen LogP contribution >= 0.6 is 11.3 Å². The summed E-state index contributed by atoms with van der Waals surface area (Å²) in [4.78, 5) is 31.6. The molecular weight excluding hydrogens is 767 g/mol. The normalized spacial score (nSPS) is 17.4. The Balaban J connectivity index is 3.37. The third-order valence-electron chi connectivity index (χ3n) is 13.4. The van der Waals surface area contributed by atoms with E-state index in [9.17, 15) is 14.7 Å². The van der Waals surface area contributed by atoms with Gasteiger partial charge in [0, 0.05) is 16.7 Å². The molecule has 0 bridgehead atoms. The van der Waals surface area contributed by atoms with E-state index in [0.29, 0.717) is 0 Å². The molecule has 0 aliphatic heterocycles. The van der Waals surface area contributed by atoms with Gasteiger partial charge in [0.2, 0.25) is 0 Å². The van der Waals surface area contributed by atoms with E-state index in [0.717, 1.165) is 36.4 Å². The smallest absolute Gasteiger partial charge is 0.305 e. The van der Waals surface area contributed by atoms with Gasteiger partial charge in [-0.25, -0.2) is 4.98 Å². The fourth-order valence-corrected chi connectivity index (χ4v) is 11.0. The molecule has 1 rings (SSSR count). The summed E-state index contributed by atoms with van der Waals surface area (Å²) in [6, 6.07) is 0. The Labute approximate surface area is 351 Å². The lowest BCUT2D eigenvalue weighted by Gasteiger charge is -2.46. The van der Waals surface area contributed by atoms with Crippen LogP contribution in [0.25, 0.3) is 6.08 Å². The Bertz CT molecular complexity index is 1510. The summed E-state index contributed by atoms with van der Waals surface area (Å²) in [6.07, 6.45) is 6.92. The van der Waals surface area contributed by atoms with E-state index in [1.807, 2.05) is 27.7 Å². The SMILES string of the molecule is C/C(=C\CC(O[Si](C)(C)C(C)(C)C)/C(C)=C/c1csc(C)n1)CCCC(C)C(O[Si](C)(C)C(C)(C)C)C(C)C(=O)C(C)(C)C(CC(=O)O)O[Si](C)(C)C(C)(C)C. The predicted octanol–water partition coefficient (Wildman–Crippen LogP) is 13.9. The molecule has 1 N–H and O–H groups in total. The van der Waals surface area contributed by atoms with Crippen LogP contribution in [0, 0.1) is 24.2 Å². The Hall–Kier alpha value is -1.22. The number of allylic oxidation sites excluding steroid dienone is 1. The van der Waals surface area contributed by atoms with Crippen LogP contribution < -0.4 is 0 Å². The highest BCUT2D eigenvalue weighted by Gasteiger charge is 2.50. The van der Waals surface area contributed by atoms with Crippen LogP contribution in [0.1, 0.15) is 147 Å². The predicted molar refractivity (Wildman–Crippen MR) is 248 cm³/mol. The summed E-state index contributed by atoms with van der Waals surface area (Å²) in [5, 5.41) is 13.1. The Morgan fingerprint density at radius 2 is 1.30 bits per heavy atom. The largest absolute Gasteiger partial charge is 0.481 e. The zero-order chi connectivity index (χ0) is 44.0. The van der Waals surface area contributed by atoms with E-state index in [1.54, 1.807) is 11.3 Å². The highest BCUT2D eigenvalue weighted by atomic mass is 32.1. The molecule has 1 aromatic heterocycles. The highest BCUT2D eigenvalue weighted by molar-refractivity contribution is 7.09. The number of carboxylic acids is 1. The maximum absolute atomic E-state index is 14.7. The van der Waals surface area contributed by atoms with Crippen LogP contribution in [0.3, 0.4) is 0 Å². The summed E-state index contributed by atoms with van der Waals surface area (Å²) >= 11 is 1.67. The van der Waals surface area contributed by atoms with E-state index in [4.69, 9.17) is 13.3 Å². The van der Waals surface area contributed by atoms with Crippen molar-refractivity contribution in [3.05, 3.63) is 33.3 Å². The van der Waals surface area contributed by atoms with E-state index in [1.165, 1.54) is 11.1 Å². The summed E-state index contributed by atoms with van der Waals surface area (Å²) in [5.41, 5.74) is 2.51. The number of aryl methyl sites for hydroxylation is 1. The van der Waals surface area contributed by atoms with Crippen LogP contribution in [0.2, 0.25) is 54.4 Å². The standard InChI is InChI=1S/C45H85NO6SSi3/c1-31(26-27-37(50-54(17,18)42(6,7)8)33(3)28-36-30-53-35(5)46-36)24-23-25-32(2)40(52-56(21,22)44(12,13)14)34(4)41(49)45(15,16)38(29-39(47)48)51-55(19,20)43(9,10)11/h26,28,30,32,34,37-38,40H,23-25,27,29H2,1-22H3,(H,47,48)/b31-26+,33-28+. The fraction of sp³-hybridized carbons (Fsp3) is 0.800. The number of carbonyl (C=O) groups excluding carboxylic acids is 1. The molecule has 7 nitrogen and oxygen atoms in total. The van der Waals surface area contributed by atoms with Crippen molar-refractivity contribution >= 4 is 54.1 Å². The molecule has 0 saturated carbocycles. The minimum Gasteiger partial charge on any atom is -0.481 e. The van der Waals surface area contributed by atoms with E-state index in [-0.39, 0.29) is 45.4 Å². The van der Waals surface area contributed by atoms with Crippen molar-refractivity contribution in [3.8, 4) is 0 Å². The number of hydrogen-bond donors (Lipinski definition) is 1. The van der Waals surface area contributed by atoms with Gasteiger partial charge in [-0.15, -0.1) is 11.3 Å². The molecule has 0 radical (unpaired) electrons. The molecule has 0 saturated heterocycles. The van der Waals surface area contributed by atoms with Crippen LogP contribution in [-0.4, -0.2) is 65.1 Å². The number of Topliss-reactive ketones (excluding diaryl/α,β-unsaturated/α-hetero) is 1. The average molecular weight is 853 g/mol. The fourth-order valence-electron chi connectivity index (χ4n) is 6.17. The molecular formula is C45H85NO6SSi3. The molecule has 5 unspecified atom stereocenters. The van der Waals surface area contributed by atoms with Gasteiger partial charge >= 0.3 is 5.97 Å². The second-order valence-corrected chi connectivity index (χ2v) is 37.2. The number of carboxylic acid groups (broad SMARTS) is 1. The lowest BCUT2D eigenvalue weighted by atomic mass is 9.73. The molecule has 0 fully saturated rings. The van der Waals surface area contributed by atoms with Gasteiger partial charge in [-0.3, -0.25) is 9.59 Å². The third kappa shape index (κ3) is 15.1. The Morgan fingerprint density at radius 1 is 0.821 bits per heavy atom. The minimum absolute atomic E-state index is 0.0121. The van der Waals surface area contributed by atoms with Crippen LogP contribution in [0.15, 0.2) is 22.6 Å². The molecule has 0 aliphatic rings. The first-order valence-corrected chi connectivity index (χ1v) is 30.6. The summed E-state index contributed by atoms with van der Waals surface area (Å²) in [7, 11) is -6.69. The van der Waals surface area contributed by atoms with Crippen molar-refractivity contribution in [3.63, 3.8) is 0 Å². The zero-order valence-corrected chi connectivity index (χ0v) is 43.8. The second kappa shape index (κ2) is 19.9. The summed E-state index contributed by atoms with van der Waals surface area (Å²) in [5.74, 6) is -1.26. The topological polar surface area (TPSA) is 95.0 Å². The second-order valence-electron chi connectivity index (χ2n) is 21.9.